The molecule has 0 spiro atoms. The van der Waals surface area contributed by atoms with Gasteiger partial charge in [0.05, 0.1) is 11.5 Å². The molecular formula is C22H24N2O3S. The fourth-order valence-corrected chi connectivity index (χ4v) is 5.30. The number of hydrogen-bond acceptors (Lipinski definition) is 4. The predicted octanol–water partition coefficient (Wildman–Crippen LogP) is 3.62. The molecule has 1 aromatic heterocycles. The molecule has 0 bridgehead atoms. The number of benzene rings is 2. The summed E-state index contributed by atoms with van der Waals surface area (Å²) < 4.78 is 25.4. The summed E-state index contributed by atoms with van der Waals surface area (Å²) in [6.45, 7) is 0.706. The number of rotatable bonds is 6. The van der Waals surface area contributed by atoms with E-state index < -0.39 is 9.84 Å². The number of hydrogen-bond donors (Lipinski definition) is 3. The van der Waals surface area contributed by atoms with E-state index in [1.165, 1.54) is 0 Å². The summed E-state index contributed by atoms with van der Waals surface area (Å²) in [5.41, 5.74) is 3.93. The van der Waals surface area contributed by atoms with Crippen molar-refractivity contribution < 1.29 is 13.5 Å². The summed E-state index contributed by atoms with van der Waals surface area (Å²) in [7, 11) is -3.20. The van der Waals surface area contributed by atoms with Crippen molar-refractivity contribution in [3.05, 3.63) is 71.9 Å². The van der Waals surface area contributed by atoms with Crippen LogP contribution in [0.1, 0.15) is 24.0 Å². The monoisotopic (exact) mass is 396 g/mol. The number of aromatic nitrogens is 1. The molecule has 0 fully saturated rings. The smallest absolute Gasteiger partial charge is 0.154 e. The van der Waals surface area contributed by atoms with Gasteiger partial charge in [-0.2, -0.15) is 0 Å². The third kappa shape index (κ3) is 4.29. The molecule has 28 heavy (non-hydrogen) atoms. The summed E-state index contributed by atoms with van der Waals surface area (Å²) in [6.07, 6.45) is 5.22. The van der Waals surface area contributed by atoms with Crippen LogP contribution >= 0.6 is 0 Å². The number of aromatic hydroxyl groups is 1. The Morgan fingerprint density at radius 2 is 1.96 bits per heavy atom. The highest BCUT2D eigenvalue weighted by Gasteiger charge is 2.21. The number of nitrogens with one attached hydrogen (secondary N) is 2. The van der Waals surface area contributed by atoms with Crippen LogP contribution in [-0.4, -0.2) is 36.8 Å². The Hall–Kier alpha value is -2.57. The van der Waals surface area contributed by atoms with Gasteiger partial charge in [0.25, 0.3) is 0 Å². The van der Waals surface area contributed by atoms with Crippen LogP contribution in [-0.2, 0) is 15.6 Å². The molecule has 1 aliphatic heterocycles. The molecule has 1 aliphatic rings. The zero-order chi connectivity index (χ0) is 19.6. The van der Waals surface area contributed by atoms with Crippen molar-refractivity contribution in [3.8, 4) is 5.75 Å². The van der Waals surface area contributed by atoms with Crippen LogP contribution in [0.25, 0.3) is 16.5 Å². The molecule has 1 unspecified atom stereocenters. The molecule has 1 atom stereocenters. The molecule has 5 nitrogen and oxygen atoms in total. The molecule has 0 saturated heterocycles. The average Bonchev–Trinajstić information content (AvgIpc) is 3.09. The van der Waals surface area contributed by atoms with Crippen LogP contribution in [0.5, 0.6) is 5.75 Å². The number of aromatic amines is 1. The highest BCUT2D eigenvalue weighted by atomic mass is 32.2. The van der Waals surface area contributed by atoms with E-state index in [0.29, 0.717) is 13.0 Å². The molecule has 2 heterocycles. The summed E-state index contributed by atoms with van der Waals surface area (Å²) in [5, 5.41) is 14.0. The van der Waals surface area contributed by atoms with E-state index in [0.717, 1.165) is 34.0 Å². The van der Waals surface area contributed by atoms with Gasteiger partial charge >= 0.3 is 0 Å². The van der Waals surface area contributed by atoms with Gasteiger partial charge < -0.3 is 15.4 Å². The van der Waals surface area contributed by atoms with Crippen molar-refractivity contribution in [2.75, 3.05) is 12.3 Å². The summed E-state index contributed by atoms with van der Waals surface area (Å²) in [4.78, 5) is 3.14. The molecule has 4 rings (SSSR count). The molecule has 0 saturated carbocycles. The molecular weight excluding hydrogens is 372 g/mol. The maximum Gasteiger partial charge on any atom is 0.154 e. The Morgan fingerprint density at radius 3 is 2.82 bits per heavy atom. The van der Waals surface area contributed by atoms with Crippen molar-refractivity contribution in [2.45, 2.75) is 24.6 Å². The lowest BCUT2D eigenvalue weighted by Gasteiger charge is -2.24. The number of phenolic OH excluding ortho intramolecular Hbond substituents is 1. The maximum atomic E-state index is 12.7. The summed E-state index contributed by atoms with van der Waals surface area (Å²) in [5.74, 6) is 0.450. The first-order valence-electron chi connectivity index (χ1n) is 9.47. The first-order valence-corrected chi connectivity index (χ1v) is 11.3. The van der Waals surface area contributed by atoms with E-state index in [2.05, 4.69) is 16.4 Å². The Balaban J connectivity index is 1.39. The third-order valence-corrected chi connectivity index (χ3v) is 6.87. The lowest BCUT2D eigenvalue weighted by molar-refractivity contribution is 0.475. The minimum Gasteiger partial charge on any atom is -0.508 e. The van der Waals surface area contributed by atoms with Gasteiger partial charge in [-0.15, -0.1) is 0 Å². The van der Waals surface area contributed by atoms with E-state index in [1.807, 2.05) is 36.4 Å². The Morgan fingerprint density at radius 1 is 1.11 bits per heavy atom. The molecule has 0 radical (unpaired) electrons. The van der Waals surface area contributed by atoms with Gasteiger partial charge in [0.2, 0.25) is 0 Å². The first kappa shape index (κ1) is 18.8. The van der Waals surface area contributed by atoms with Crippen LogP contribution in [0, 0.1) is 0 Å². The minimum absolute atomic E-state index is 0.0546. The lowest BCUT2D eigenvalue weighted by atomic mass is 9.94. The van der Waals surface area contributed by atoms with E-state index in [-0.39, 0.29) is 23.3 Å². The highest BCUT2D eigenvalue weighted by molar-refractivity contribution is 7.90. The quantitative estimate of drug-likeness (QED) is 0.594. The second-order valence-electron chi connectivity index (χ2n) is 7.33. The SMILES string of the molecule is O=S(=O)(CCC1CC(c2cccc(O)c2)=CCN1)Cc1c[nH]c2ccccc12. The second-order valence-corrected chi connectivity index (χ2v) is 9.51. The van der Waals surface area contributed by atoms with E-state index in [9.17, 15) is 13.5 Å². The number of para-hydroxylation sites is 1. The average molecular weight is 397 g/mol. The molecule has 3 aromatic rings. The number of H-pyrrole nitrogens is 1. The molecule has 146 valence electrons. The fourth-order valence-electron chi connectivity index (χ4n) is 3.80. The molecule has 6 heteroatoms. The van der Waals surface area contributed by atoms with Crippen LogP contribution in [0.3, 0.4) is 0 Å². The van der Waals surface area contributed by atoms with E-state index >= 15 is 0 Å². The first-order chi connectivity index (χ1) is 13.5. The largest absolute Gasteiger partial charge is 0.508 e. The zero-order valence-corrected chi connectivity index (χ0v) is 16.4. The molecule has 0 aliphatic carbocycles. The molecule has 2 aromatic carbocycles. The Labute approximate surface area is 165 Å². The topological polar surface area (TPSA) is 82.2 Å². The van der Waals surface area contributed by atoms with Crippen molar-refractivity contribution in [2.24, 2.45) is 0 Å². The zero-order valence-electron chi connectivity index (χ0n) is 15.6. The standard InChI is InChI=1S/C22H24N2O3S/c25-20-5-3-4-16(13-20)17-8-10-23-19(12-17)9-11-28(26,27)15-18-14-24-22-7-2-1-6-21(18)22/h1-8,13-14,19,23-25H,9-12,15H2. The number of fused-ring (bicyclic) bond motifs is 1. The summed E-state index contributed by atoms with van der Waals surface area (Å²) in [6, 6.07) is 15.1. The Kier molecular flexibility index (Phi) is 5.24. The van der Waals surface area contributed by atoms with E-state index in [1.54, 1.807) is 18.3 Å². The highest BCUT2D eigenvalue weighted by Crippen LogP contribution is 2.27. The van der Waals surface area contributed by atoms with Gasteiger partial charge in [-0.1, -0.05) is 36.4 Å². The van der Waals surface area contributed by atoms with Gasteiger partial charge in [-0.25, -0.2) is 8.42 Å². The van der Waals surface area contributed by atoms with Gasteiger partial charge in [-0.05, 0) is 47.7 Å². The molecule has 0 amide bonds. The maximum absolute atomic E-state index is 12.7. The van der Waals surface area contributed by atoms with Gasteiger partial charge in [-0.3, -0.25) is 0 Å². The van der Waals surface area contributed by atoms with Crippen molar-refractivity contribution in [1.29, 1.82) is 0 Å². The third-order valence-electron chi connectivity index (χ3n) is 5.27. The second kappa shape index (κ2) is 7.81. The fraction of sp³-hybridized carbons (Fsp3) is 0.273. The number of phenols is 1. The van der Waals surface area contributed by atoms with Crippen LogP contribution in [0.2, 0.25) is 0 Å². The van der Waals surface area contributed by atoms with Crippen LogP contribution < -0.4 is 5.32 Å². The van der Waals surface area contributed by atoms with Gasteiger partial charge in [0.1, 0.15) is 5.75 Å². The lowest BCUT2D eigenvalue weighted by Crippen LogP contribution is -2.34. The van der Waals surface area contributed by atoms with Crippen molar-refractivity contribution in [1.82, 2.24) is 10.3 Å². The van der Waals surface area contributed by atoms with Crippen molar-refractivity contribution in [3.63, 3.8) is 0 Å². The predicted molar refractivity (Wildman–Crippen MR) is 113 cm³/mol. The minimum atomic E-state index is -3.20. The van der Waals surface area contributed by atoms with Gasteiger partial charge in [0.15, 0.2) is 9.84 Å². The Bertz CT molecular complexity index is 1120. The van der Waals surface area contributed by atoms with Crippen LogP contribution in [0.15, 0.2) is 60.8 Å². The normalized spacial score (nSPS) is 17.6. The van der Waals surface area contributed by atoms with Crippen molar-refractivity contribution >= 4 is 26.3 Å². The summed E-state index contributed by atoms with van der Waals surface area (Å²) >= 11 is 0. The molecule has 3 N–H and O–H groups in total. The van der Waals surface area contributed by atoms with Gasteiger partial charge in [0, 0.05) is 29.7 Å². The number of sulfone groups is 1. The van der Waals surface area contributed by atoms with Crippen LogP contribution in [0.4, 0.5) is 0 Å². The van der Waals surface area contributed by atoms with E-state index in [4.69, 9.17) is 0 Å².